The summed E-state index contributed by atoms with van der Waals surface area (Å²) in [6.45, 7) is 1.72. The number of nitrogens with zero attached hydrogens (tertiary/aromatic N) is 1. The van der Waals surface area contributed by atoms with Gasteiger partial charge in [-0.15, -0.1) is 11.3 Å². The lowest BCUT2D eigenvalue weighted by atomic mass is 10.5. The number of hydrogen-bond donors (Lipinski definition) is 3. The highest BCUT2D eigenvalue weighted by atomic mass is 32.2. The van der Waals surface area contributed by atoms with Crippen LogP contribution in [-0.4, -0.2) is 29.7 Å². The highest BCUT2D eigenvalue weighted by molar-refractivity contribution is 7.93. The number of nitrogens with one attached hydrogen (secondary N) is 2. The number of carbonyl (C=O) groups is 1. The maximum absolute atomic E-state index is 12.0. The summed E-state index contributed by atoms with van der Waals surface area (Å²) in [6.07, 6.45) is 0. The smallest absolute Gasteiger partial charge is 0.347 e. The van der Waals surface area contributed by atoms with Crippen molar-refractivity contribution in [2.45, 2.75) is 11.8 Å². The quantitative estimate of drug-likeness (QED) is 0.784. The summed E-state index contributed by atoms with van der Waals surface area (Å²) < 4.78 is 26.2. The summed E-state index contributed by atoms with van der Waals surface area (Å²) in [4.78, 5) is 10.4. The van der Waals surface area contributed by atoms with E-state index in [2.05, 4.69) is 14.9 Å². The lowest BCUT2D eigenvalue weighted by molar-refractivity contribution is 0.0698. The number of aromatic amines is 1. The van der Waals surface area contributed by atoms with E-state index in [1.54, 1.807) is 6.92 Å². The van der Waals surface area contributed by atoms with Gasteiger partial charge >= 0.3 is 5.97 Å². The number of aryl methyl sites for hydroxylation is 1. The largest absolute Gasteiger partial charge is 0.477 e. The Morgan fingerprint density at radius 2 is 2.28 bits per heavy atom. The number of aromatic nitrogens is 2. The fourth-order valence-corrected chi connectivity index (χ4v) is 3.58. The molecule has 0 spiro atoms. The van der Waals surface area contributed by atoms with Crippen molar-refractivity contribution in [1.82, 2.24) is 10.2 Å². The summed E-state index contributed by atoms with van der Waals surface area (Å²) in [5.74, 6) is -1.15. The van der Waals surface area contributed by atoms with E-state index in [0.717, 1.165) is 11.3 Å². The van der Waals surface area contributed by atoms with Gasteiger partial charge < -0.3 is 5.11 Å². The van der Waals surface area contributed by atoms with Crippen LogP contribution in [0.25, 0.3) is 0 Å². The molecule has 9 heteroatoms. The van der Waals surface area contributed by atoms with Crippen LogP contribution < -0.4 is 4.72 Å². The minimum atomic E-state index is -3.94. The summed E-state index contributed by atoms with van der Waals surface area (Å²) in [6, 6.07) is 2.75. The monoisotopic (exact) mass is 287 g/mol. The third-order valence-electron chi connectivity index (χ3n) is 2.06. The van der Waals surface area contributed by atoms with Gasteiger partial charge in [-0.2, -0.15) is 5.10 Å². The van der Waals surface area contributed by atoms with Crippen LogP contribution in [0.2, 0.25) is 0 Å². The molecule has 0 aromatic carbocycles. The van der Waals surface area contributed by atoms with Crippen molar-refractivity contribution in [2.24, 2.45) is 0 Å². The first-order valence-electron chi connectivity index (χ1n) is 4.76. The van der Waals surface area contributed by atoms with Gasteiger partial charge in [0.15, 0.2) is 5.82 Å². The highest BCUT2D eigenvalue weighted by Crippen LogP contribution is 2.23. The molecule has 96 valence electrons. The SMILES string of the molecule is Cc1cc(NS(=O)(=O)c2ccsc2C(=O)O)n[nH]1. The van der Waals surface area contributed by atoms with Gasteiger partial charge in [0.05, 0.1) is 0 Å². The molecule has 0 fully saturated rings. The number of thiophene rings is 1. The van der Waals surface area contributed by atoms with E-state index in [1.807, 2.05) is 0 Å². The number of H-pyrrole nitrogens is 1. The Morgan fingerprint density at radius 3 is 2.83 bits per heavy atom. The molecule has 0 unspecified atom stereocenters. The Hall–Kier alpha value is -1.87. The van der Waals surface area contributed by atoms with Crippen molar-refractivity contribution in [3.05, 3.63) is 28.1 Å². The molecule has 2 heterocycles. The van der Waals surface area contributed by atoms with Crippen LogP contribution in [0.3, 0.4) is 0 Å². The molecule has 0 aliphatic heterocycles. The lowest BCUT2D eigenvalue weighted by Crippen LogP contribution is -2.15. The number of hydrogen-bond acceptors (Lipinski definition) is 5. The van der Waals surface area contributed by atoms with Crippen molar-refractivity contribution in [2.75, 3.05) is 4.72 Å². The average molecular weight is 287 g/mol. The van der Waals surface area contributed by atoms with Crippen LogP contribution in [0.5, 0.6) is 0 Å². The second kappa shape index (κ2) is 4.42. The Balaban J connectivity index is 2.37. The maximum Gasteiger partial charge on any atom is 0.347 e. The van der Waals surface area contributed by atoms with Crippen LogP contribution in [-0.2, 0) is 10.0 Å². The van der Waals surface area contributed by atoms with Crippen molar-refractivity contribution in [1.29, 1.82) is 0 Å². The van der Waals surface area contributed by atoms with Gasteiger partial charge in [0.2, 0.25) is 0 Å². The van der Waals surface area contributed by atoms with Crippen LogP contribution in [0.1, 0.15) is 15.4 Å². The minimum Gasteiger partial charge on any atom is -0.477 e. The van der Waals surface area contributed by atoms with E-state index < -0.39 is 16.0 Å². The Bertz CT molecular complexity index is 686. The highest BCUT2D eigenvalue weighted by Gasteiger charge is 2.24. The van der Waals surface area contributed by atoms with Gasteiger partial charge in [0, 0.05) is 11.8 Å². The molecule has 0 saturated heterocycles. The fourth-order valence-electron chi connectivity index (χ4n) is 1.33. The normalized spacial score (nSPS) is 11.4. The number of rotatable bonds is 4. The van der Waals surface area contributed by atoms with Crippen molar-refractivity contribution in [3.8, 4) is 0 Å². The van der Waals surface area contributed by atoms with E-state index in [9.17, 15) is 13.2 Å². The average Bonchev–Trinajstić information content (AvgIpc) is 2.86. The molecule has 2 aromatic heterocycles. The molecule has 0 atom stereocenters. The summed E-state index contributed by atoms with van der Waals surface area (Å²) in [7, 11) is -3.94. The maximum atomic E-state index is 12.0. The fraction of sp³-hybridized carbons (Fsp3) is 0.111. The van der Waals surface area contributed by atoms with E-state index in [-0.39, 0.29) is 15.6 Å². The second-order valence-electron chi connectivity index (χ2n) is 3.46. The van der Waals surface area contributed by atoms with Crippen LogP contribution in [0.4, 0.5) is 5.82 Å². The first-order valence-corrected chi connectivity index (χ1v) is 7.12. The van der Waals surface area contributed by atoms with Crippen molar-refractivity contribution < 1.29 is 18.3 Å². The Morgan fingerprint density at radius 1 is 1.56 bits per heavy atom. The third kappa shape index (κ3) is 2.36. The zero-order valence-corrected chi connectivity index (χ0v) is 10.8. The number of carboxylic acid groups (broad SMARTS) is 1. The van der Waals surface area contributed by atoms with E-state index in [4.69, 9.17) is 5.11 Å². The van der Waals surface area contributed by atoms with Gasteiger partial charge in [-0.25, -0.2) is 13.2 Å². The molecule has 0 bridgehead atoms. The second-order valence-corrected chi connectivity index (χ2v) is 6.03. The Kier molecular flexibility index (Phi) is 3.09. The molecular formula is C9H9N3O4S2. The van der Waals surface area contributed by atoms with Crippen LogP contribution in [0, 0.1) is 6.92 Å². The summed E-state index contributed by atoms with van der Waals surface area (Å²) in [5, 5.41) is 16.6. The van der Waals surface area contributed by atoms with Crippen molar-refractivity contribution in [3.63, 3.8) is 0 Å². The minimum absolute atomic E-state index is 0.120. The van der Waals surface area contributed by atoms with Crippen LogP contribution in [0.15, 0.2) is 22.4 Å². The molecule has 2 rings (SSSR count). The molecule has 2 aromatic rings. The molecule has 0 aliphatic rings. The van der Waals surface area contributed by atoms with Gasteiger partial charge in [0.25, 0.3) is 10.0 Å². The summed E-state index contributed by atoms with van der Waals surface area (Å²) >= 11 is 0.853. The lowest BCUT2D eigenvalue weighted by Gasteiger charge is -2.04. The van der Waals surface area contributed by atoms with Gasteiger partial charge in [-0.1, -0.05) is 0 Å². The molecule has 0 amide bonds. The Labute approximate surface area is 107 Å². The van der Waals surface area contributed by atoms with Gasteiger partial charge in [-0.05, 0) is 18.4 Å². The topological polar surface area (TPSA) is 112 Å². The number of carboxylic acids is 1. The summed E-state index contributed by atoms with van der Waals surface area (Å²) in [5.41, 5.74) is 0.691. The number of anilines is 1. The molecular weight excluding hydrogens is 278 g/mol. The predicted molar refractivity (Wildman–Crippen MR) is 65.4 cm³/mol. The zero-order chi connectivity index (χ0) is 13.3. The first-order chi connectivity index (χ1) is 8.40. The molecule has 0 saturated carbocycles. The molecule has 0 radical (unpaired) electrons. The van der Waals surface area contributed by atoms with Gasteiger partial charge in [0.1, 0.15) is 9.77 Å². The standard InChI is InChI=1S/C9H9N3O4S2/c1-5-4-7(11-10-5)12-18(15,16)6-2-3-17-8(6)9(13)14/h2-4H,1H3,(H,13,14)(H2,10,11,12). The zero-order valence-electron chi connectivity index (χ0n) is 9.17. The predicted octanol–water partition coefficient (Wildman–Crippen LogP) is 1.28. The van der Waals surface area contributed by atoms with E-state index in [0.29, 0.717) is 5.69 Å². The molecule has 0 aliphatic carbocycles. The van der Waals surface area contributed by atoms with Crippen LogP contribution >= 0.6 is 11.3 Å². The first kappa shape index (κ1) is 12.6. The molecule has 3 N–H and O–H groups in total. The molecule has 18 heavy (non-hydrogen) atoms. The molecule has 7 nitrogen and oxygen atoms in total. The van der Waals surface area contributed by atoms with E-state index >= 15 is 0 Å². The number of aromatic carboxylic acids is 1. The number of sulfonamides is 1. The van der Waals surface area contributed by atoms with Crippen molar-refractivity contribution >= 4 is 33.1 Å². The third-order valence-corrected chi connectivity index (χ3v) is 4.49. The van der Waals surface area contributed by atoms with E-state index in [1.165, 1.54) is 17.5 Å². The van der Waals surface area contributed by atoms with Gasteiger partial charge in [-0.3, -0.25) is 9.82 Å².